The van der Waals surface area contributed by atoms with Crippen LogP contribution in [0.3, 0.4) is 0 Å². The molecule has 0 bridgehead atoms. The van der Waals surface area contributed by atoms with E-state index in [0.717, 1.165) is 17.1 Å². The maximum absolute atomic E-state index is 4.47. The van der Waals surface area contributed by atoms with Gasteiger partial charge in [-0.25, -0.2) is 4.98 Å². The minimum Gasteiger partial charge on any atom is -0.334 e. The van der Waals surface area contributed by atoms with Crippen LogP contribution in [0, 0.1) is 0 Å². The minimum atomic E-state index is -0.0530. The van der Waals surface area contributed by atoms with E-state index in [2.05, 4.69) is 39.1 Å². The van der Waals surface area contributed by atoms with Crippen molar-refractivity contribution in [3.05, 3.63) is 36.4 Å². The molecule has 2 rings (SSSR count). The molecule has 0 aliphatic rings. The van der Waals surface area contributed by atoms with E-state index >= 15 is 0 Å². The predicted octanol–water partition coefficient (Wildman–Crippen LogP) is 2.59. The summed E-state index contributed by atoms with van der Waals surface area (Å²) in [7, 11) is 4.82. The number of nitrogens with zero attached hydrogens (tertiary/aromatic N) is 3. The number of aromatic nitrogens is 3. The second-order valence-corrected chi connectivity index (χ2v) is 5.93. The summed E-state index contributed by atoms with van der Waals surface area (Å²) >= 11 is 0. The maximum Gasteiger partial charge on any atom is 0.141 e. The summed E-state index contributed by atoms with van der Waals surface area (Å²) in [6.07, 6.45) is 5.58. The van der Waals surface area contributed by atoms with Crippen LogP contribution in [-0.4, -0.2) is 14.5 Å². The van der Waals surface area contributed by atoms with Gasteiger partial charge in [0.1, 0.15) is 5.82 Å². The van der Waals surface area contributed by atoms with Gasteiger partial charge in [0.05, 0.1) is 5.69 Å². The van der Waals surface area contributed by atoms with Crippen LogP contribution in [0.1, 0.15) is 19.5 Å². The van der Waals surface area contributed by atoms with Gasteiger partial charge in [0, 0.05) is 36.4 Å². The molecular weight excluding hydrogens is 217 g/mol. The average Bonchev–Trinajstić information content (AvgIpc) is 2.63. The Bertz CT molecular complexity index is 497. The third-order valence-electron chi connectivity index (χ3n) is 2.48. The van der Waals surface area contributed by atoms with Gasteiger partial charge in [0.15, 0.2) is 0 Å². The number of rotatable bonds is 2. The number of hydrogen-bond acceptors (Lipinski definition) is 2. The van der Waals surface area contributed by atoms with Crippen molar-refractivity contribution < 1.29 is 0 Å². The first-order valence-corrected chi connectivity index (χ1v) is 5.80. The van der Waals surface area contributed by atoms with E-state index in [4.69, 9.17) is 0 Å². The molecule has 1 unspecified atom stereocenters. The molecule has 1 atom stereocenters. The van der Waals surface area contributed by atoms with E-state index in [1.54, 1.807) is 0 Å². The van der Waals surface area contributed by atoms with E-state index < -0.39 is 0 Å². The maximum atomic E-state index is 4.47. The molecule has 4 heteroatoms. The highest BCUT2D eigenvalue weighted by Crippen LogP contribution is 2.34. The van der Waals surface area contributed by atoms with Crippen molar-refractivity contribution in [2.45, 2.75) is 19.0 Å². The first-order chi connectivity index (χ1) is 7.50. The molecule has 0 spiro atoms. The molecule has 84 valence electrons. The van der Waals surface area contributed by atoms with E-state index in [9.17, 15) is 0 Å². The fourth-order valence-corrected chi connectivity index (χ4v) is 1.95. The normalized spacial score (nSPS) is 11.8. The van der Waals surface area contributed by atoms with E-state index in [0.29, 0.717) is 0 Å². The van der Waals surface area contributed by atoms with Crippen molar-refractivity contribution in [1.29, 1.82) is 0 Å². The van der Waals surface area contributed by atoms with Gasteiger partial charge in [-0.05, 0) is 12.1 Å². The van der Waals surface area contributed by atoms with Crippen molar-refractivity contribution in [3.8, 4) is 11.4 Å². The summed E-state index contributed by atoms with van der Waals surface area (Å²) in [5.41, 5.74) is 2.14. The van der Waals surface area contributed by atoms with Crippen LogP contribution in [0.25, 0.3) is 11.4 Å². The zero-order chi connectivity index (χ0) is 11.8. The molecule has 3 nitrogen and oxygen atoms in total. The standard InChI is InChI=1S/C12H16N3P/c1-12(2,16)10-9(5-4-6-13-10)11-14-7-8-15(11)3/h4-8H,16H2,1-3H3. The molecule has 0 amide bonds. The lowest BCUT2D eigenvalue weighted by molar-refractivity contribution is 0.746. The molecule has 0 aliphatic carbocycles. The van der Waals surface area contributed by atoms with Gasteiger partial charge >= 0.3 is 0 Å². The summed E-state index contributed by atoms with van der Waals surface area (Å²) in [5.74, 6) is 0.957. The zero-order valence-electron chi connectivity index (χ0n) is 9.81. The fourth-order valence-electron chi connectivity index (χ4n) is 1.72. The van der Waals surface area contributed by atoms with Crippen LogP contribution < -0.4 is 0 Å². The van der Waals surface area contributed by atoms with Gasteiger partial charge in [-0.2, -0.15) is 0 Å². The first kappa shape index (κ1) is 11.3. The number of aryl methyl sites for hydroxylation is 1. The lowest BCUT2D eigenvalue weighted by Gasteiger charge is -2.20. The van der Waals surface area contributed by atoms with Crippen molar-refractivity contribution in [1.82, 2.24) is 14.5 Å². The molecule has 0 fully saturated rings. The van der Waals surface area contributed by atoms with Crippen LogP contribution in [-0.2, 0) is 12.2 Å². The monoisotopic (exact) mass is 233 g/mol. The topological polar surface area (TPSA) is 30.7 Å². The third kappa shape index (κ3) is 2.00. The molecule has 16 heavy (non-hydrogen) atoms. The number of imidazole rings is 1. The van der Waals surface area contributed by atoms with Crippen LogP contribution in [0.5, 0.6) is 0 Å². The predicted molar refractivity (Wildman–Crippen MR) is 69.2 cm³/mol. The fraction of sp³-hybridized carbons (Fsp3) is 0.333. The lowest BCUT2D eigenvalue weighted by atomic mass is 10.0. The Kier molecular flexibility index (Phi) is 2.81. The van der Waals surface area contributed by atoms with Gasteiger partial charge in [-0.15, -0.1) is 9.24 Å². The van der Waals surface area contributed by atoms with Crippen LogP contribution in [0.15, 0.2) is 30.7 Å². The molecule has 2 heterocycles. The van der Waals surface area contributed by atoms with Gasteiger partial charge in [0.25, 0.3) is 0 Å². The Morgan fingerprint density at radius 1 is 1.25 bits per heavy atom. The largest absolute Gasteiger partial charge is 0.334 e. The molecule has 2 aromatic heterocycles. The summed E-state index contributed by atoms with van der Waals surface area (Å²) in [6.45, 7) is 4.26. The Balaban J connectivity index is 2.62. The van der Waals surface area contributed by atoms with E-state index in [-0.39, 0.29) is 5.16 Å². The van der Waals surface area contributed by atoms with E-state index in [1.165, 1.54) is 0 Å². The molecule has 0 saturated heterocycles. The Hall–Kier alpha value is -1.21. The van der Waals surface area contributed by atoms with Gasteiger partial charge < -0.3 is 4.57 Å². The van der Waals surface area contributed by atoms with Gasteiger partial charge in [-0.1, -0.05) is 13.8 Å². The highest BCUT2D eigenvalue weighted by atomic mass is 31.0. The Labute approximate surface area is 98.1 Å². The molecule has 0 N–H and O–H groups in total. The SMILES string of the molecule is Cn1ccnc1-c1cccnc1C(C)(C)P. The second kappa shape index (κ2) is 3.99. The smallest absolute Gasteiger partial charge is 0.141 e. The molecule has 2 aromatic rings. The lowest BCUT2D eigenvalue weighted by Crippen LogP contribution is -2.12. The van der Waals surface area contributed by atoms with Crippen molar-refractivity contribution in [2.24, 2.45) is 7.05 Å². The molecule has 0 aliphatic heterocycles. The van der Waals surface area contributed by atoms with Crippen LogP contribution in [0.4, 0.5) is 0 Å². The van der Waals surface area contributed by atoms with Gasteiger partial charge in [-0.3, -0.25) is 4.98 Å². The van der Waals surface area contributed by atoms with Gasteiger partial charge in [0.2, 0.25) is 0 Å². The Morgan fingerprint density at radius 3 is 2.56 bits per heavy atom. The quantitative estimate of drug-likeness (QED) is 0.746. The zero-order valence-corrected chi connectivity index (χ0v) is 11.0. The molecule has 0 radical (unpaired) electrons. The summed E-state index contributed by atoms with van der Waals surface area (Å²) in [5, 5.41) is -0.0530. The second-order valence-electron chi connectivity index (χ2n) is 4.48. The van der Waals surface area contributed by atoms with Crippen molar-refractivity contribution in [3.63, 3.8) is 0 Å². The summed E-state index contributed by atoms with van der Waals surface area (Å²) in [4.78, 5) is 8.85. The van der Waals surface area contributed by atoms with E-state index in [1.807, 2.05) is 36.3 Å². The number of pyridine rings is 1. The van der Waals surface area contributed by atoms with Crippen LogP contribution in [0.2, 0.25) is 0 Å². The Morgan fingerprint density at radius 2 is 2.00 bits per heavy atom. The minimum absolute atomic E-state index is 0.0530. The summed E-state index contributed by atoms with van der Waals surface area (Å²) in [6, 6.07) is 4.01. The van der Waals surface area contributed by atoms with Crippen molar-refractivity contribution in [2.75, 3.05) is 0 Å². The number of hydrogen-bond donors (Lipinski definition) is 0. The average molecular weight is 233 g/mol. The first-order valence-electron chi connectivity index (χ1n) is 5.22. The third-order valence-corrected chi connectivity index (χ3v) is 2.75. The molecule has 0 saturated carbocycles. The molecule has 0 aromatic carbocycles. The highest BCUT2D eigenvalue weighted by molar-refractivity contribution is 7.18. The van der Waals surface area contributed by atoms with Crippen LogP contribution >= 0.6 is 9.24 Å². The highest BCUT2D eigenvalue weighted by Gasteiger charge is 2.21. The molecular formula is C12H16N3P. The van der Waals surface area contributed by atoms with Crippen molar-refractivity contribution >= 4 is 9.24 Å². The summed E-state index contributed by atoms with van der Waals surface area (Å²) < 4.78 is 2.01.